The molecule has 0 aliphatic carbocycles. The van der Waals surface area contributed by atoms with Crippen molar-refractivity contribution in [2.45, 2.75) is 0 Å². The first-order valence-electron chi connectivity index (χ1n) is 9.85. The first kappa shape index (κ1) is 18.8. The fraction of sp³-hybridized carbons (Fsp3) is 0.227. The second kappa shape index (κ2) is 7.55. The van der Waals surface area contributed by atoms with Gasteiger partial charge in [0.25, 0.3) is 5.56 Å². The van der Waals surface area contributed by atoms with Crippen LogP contribution in [0.3, 0.4) is 0 Å². The number of nitrogens with zero attached hydrogens (tertiary/aromatic N) is 4. The largest absolute Gasteiger partial charge is 0.397 e. The van der Waals surface area contributed by atoms with E-state index in [2.05, 4.69) is 37.9 Å². The van der Waals surface area contributed by atoms with Crippen LogP contribution in [0.25, 0.3) is 32.7 Å². The Bertz CT molecular complexity index is 1260. The van der Waals surface area contributed by atoms with E-state index in [0.717, 1.165) is 53.3 Å². The third-order valence-corrected chi connectivity index (χ3v) is 6.49. The number of benzene rings is 1. The Morgan fingerprint density at radius 3 is 2.63 bits per heavy atom. The Kier molecular flexibility index (Phi) is 4.72. The molecule has 4 aromatic rings. The lowest BCUT2D eigenvalue weighted by Gasteiger charge is -2.34. The lowest BCUT2D eigenvalue weighted by molar-refractivity contribution is 0.313. The van der Waals surface area contributed by atoms with E-state index in [4.69, 9.17) is 5.73 Å². The maximum Gasteiger partial charge on any atom is 0.260 e. The van der Waals surface area contributed by atoms with Crippen molar-refractivity contribution in [3.63, 3.8) is 0 Å². The predicted molar refractivity (Wildman–Crippen MR) is 123 cm³/mol. The highest BCUT2D eigenvalue weighted by Gasteiger charge is 2.18. The van der Waals surface area contributed by atoms with Crippen molar-refractivity contribution >= 4 is 33.6 Å². The van der Waals surface area contributed by atoms with Crippen LogP contribution in [0.5, 0.6) is 0 Å². The van der Waals surface area contributed by atoms with Crippen LogP contribution in [0.4, 0.5) is 11.4 Å². The molecule has 1 saturated heterocycles. The molecule has 0 unspecified atom stereocenters. The zero-order valence-corrected chi connectivity index (χ0v) is 17.4. The molecule has 0 bridgehead atoms. The number of H-pyrrole nitrogens is 1. The molecule has 0 atom stereocenters. The van der Waals surface area contributed by atoms with Gasteiger partial charge in [-0.3, -0.25) is 9.78 Å². The van der Waals surface area contributed by atoms with Gasteiger partial charge < -0.3 is 20.5 Å². The van der Waals surface area contributed by atoms with Crippen LogP contribution in [-0.2, 0) is 0 Å². The summed E-state index contributed by atoms with van der Waals surface area (Å²) in [5.74, 6) is 0. The minimum Gasteiger partial charge on any atom is -0.397 e. The van der Waals surface area contributed by atoms with Gasteiger partial charge in [-0.05, 0) is 37.4 Å². The van der Waals surface area contributed by atoms with Crippen molar-refractivity contribution in [3.8, 4) is 21.8 Å². The van der Waals surface area contributed by atoms with E-state index < -0.39 is 0 Å². The zero-order valence-electron chi connectivity index (χ0n) is 16.6. The van der Waals surface area contributed by atoms with Crippen molar-refractivity contribution in [2.75, 3.05) is 43.9 Å². The number of likely N-dealkylation sites (N-methyl/N-ethyl adjacent to an activating group) is 1. The van der Waals surface area contributed by atoms with Crippen LogP contribution < -0.4 is 16.2 Å². The molecule has 152 valence electrons. The van der Waals surface area contributed by atoms with Gasteiger partial charge in [0.1, 0.15) is 5.01 Å². The molecule has 7 nitrogen and oxygen atoms in total. The van der Waals surface area contributed by atoms with E-state index >= 15 is 0 Å². The van der Waals surface area contributed by atoms with Gasteiger partial charge >= 0.3 is 0 Å². The van der Waals surface area contributed by atoms with E-state index in [1.54, 1.807) is 12.4 Å². The molecule has 0 radical (unpaired) electrons. The number of nitrogen functional groups attached to an aromatic ring is 1. The Morgan fingerprint density at radius 2 is 1.87 bits per heavy atom. The lowest BCUT2D eigenvalue weighted by Crippen LogP contribution is -2.44. The fourth-order valence-electron chi connectivity index (χ4n) is 3.84. The molecule has 3 aromatic heterocycles. The summed E-state index contributed by atoms with van der Waals surface area (Å²) in [6.07, 6.45) is 3.46. The summed E-state index contributed by atoms with van der Waals surface area (Å²) in [6.45, 7) is 4.00. The van der Waals surface area contributed by atoms with E-state index in [9.17, 15) is 4.79 Å². The molecule has 30 heavy (non-hydrogen) atoms. The predicted octanol–water partition coefficient (Wildman–Crippen LogP) is 3.05. The van der Waals surface area contributed by atoms with Crippen molar-refractivity contribution in [1.82, 2.24) is 19.9 Å². The summed E-state index contributed by atoms with van der Waals surface area (Å²) in [5, 5.41) is 3.56. The Hall–Kier alpha value is -3.23. The highest BCUT2D eigenvalue weighted by atomic mass is 32.1. The summed E-state index contributed by atoms with van der Waals surface area (Å²) in [7, 11) is 2.14. The SMILES string of the molecule is CN1CCN(c2ccc3[nH]c(=O)c(-c4csc(-c5ccncc5)n4)c(N)c3c2)CC1. The van der Waals surface area contributed by atoms with E-state index in [-0.39, 0.29) is 5.56 Å². The molecular formula is C22H22N6OS. The van der Waals surface area contributed by atoms with Gasteiger partial charge in [-0.15, -0.1) is 11.3 Å². The van der Waals surface area contributed by atoms with Gasteiger partial charge in [-0.2, -0.15) is 0 Å². The number of anilines is 2. The molecule has 0 saturated carbocycles. The van der Waals surface area contributed by atoms with Gasteiger partial charge in [0.2, 0.25) is 0 Å². The van der Waals surface area contributed by atoms with E-state index in [1.165, 1.54) is 11.3 Å². The van der Waals surface area contributed by atoms with Crippen LogP contribution in [0.15, 0.2) is 52.9 Å². The number of aromatic amines is 1. The molecule has 1 aliphatic heterocycles. The van der Waals surface area contributed by atoms with Crippen molar-refractivity contribution in [3.05, 3.63) is 58.5 Å². The Morgan fingerprint density at radius 1 is 1.10 bits per heavy atom. The molecule has 1 aliphatic rings. The van der Waals surface area contributed by atoms with Gasteiger partial charge in [-0.25, -0.2) is 4.98 Å². The van der Waals surface area contributed by atoms with Crippen LogP contribution in [0.1, 0.15) is 0 Å². The topological polar surface area (TPSA) is 91.1 Å². The van der Waals surface area contributed by atoms with Gasteiger partial charge in [-0.1, -0.05) is 0 Å². The number of hydrogen-bond acceptors (Lipinski definition) is 7. The zero-order chi connectivity index (χ0) is 20.7. The first-order chi connectivity index (χ1) is 14.6. The van der Waals surface area contributed by atoms with Crippen LogP contribution >= 0.6 is 11.3 Å². The minimum atomic E-state index is -0.223. The summed E-state index contributed by atoms with van der Waals surface area (Å²) < 4.78 is 0. The van der Waals surface area contributed by atoms with Crippen molar-refractivity contribution in [1.29, 1.82) is 0 Å². The summed E-state index contributed by atoms with van der Waals surface area (Å²) in [4.78, 5) is 29.2. The maximum absolute atomic E-state index is 12.8. The lowest BCUT2D eigenvalue weighted by atomic mass is 10.1. The summed E-state index contributed by atoms with van der Waals surface area (Å²) in [6, 6.07) is 9.87. The normalized spacial score (nSPS) is 15.0. The third-order valence-electron chi connectivity index (χ3n) is 5.59. The molecule has 3 N–H and O–H groups in total. The summed E-state index contributed by atoms with van der Waals surface area (Å²) >= 11 is 1.49. The van der Waals surface area contributed by atoms with E-state index in [0.29, 0.717) is 16.9 Å². The van der Waals surface area contributed by atoms with Gasteiger partial charge in [0.05, 0.1) is 22.5 Å². The van der Waals surface area contributed by atoms with Crippen LogP contribution in [-0.4, -0.2) is 53.1 Å². The average Bonchev–Trinajstić information content (AvgIpc) is 3.25. The molecule has 8 heteroatoms. The van der Waals surface area contributed by atoms with Crippen LogP contribution in [0, 0.1) is 0 Å². The standard InChI is InChI=1S/C22H22N6OS/c1-27-8-10-28(11-9-27)15-2-3-17-16(12-15)20(23)19(21(29)25-17)18-13-30-22(26-18)14-4-6-24-7-5-14/h2-7,12-13H,8-11H2,1H3,(H3,23,25,29). The second-order valence-corrected chi connectivity index (χ2v) is 8.39. The number of nitrogens with one attached hydrogen (secondary N) is 1. The summed E-state index contributed by atoms with van der Waals surface area (Å²) in [5.41, 5.74) is 10.6. The monoisotopic (exact) mass is 418 g/mol. The third kappa shape index (κ3) is 3.34. The van der Waals surface area contributed by atoms with E-state index in [1.807, 2.05) is 29.6 Å². The number of hydrogen-bond donors (Lipinski definition) is 2. The highest BCUT2D eigenvalue weighted by molar-refractivity contribution is 7.13. The minimum absolute atomic E-state index is 0.223. The van der Waals surface area contributed by atoms with Gasteiger partial charge in [0.15, 0.2) is 0 Å². The molecule has 1 fully saturated rings. The number of thiazole rings is 1. The molecule has 0 amide bonds. The highest BCUT2D eigenvalue weighted by Crippen LogP contribution is 2.33. The Balaban J connectivity index is 1.57. The average molecular weight is 419 g/mol. The number of aromatic nitrogens is 3. The smallest absolute Gasteiger partial charge is 0.260 e. The maximum atomic E-state index is 12.8. The molecule has 1 aromatic carbocycles. The van der Waals surface area contributed by atoms with Crippen LogP contribution in [0.2, 0.25) is 0 Å². The van der Waals surface area contributed by atoms with Gasteiger partial charge in [0, 0.05) is 60.6 Å². The number of nitrogens with two attached hydrogens (primary N) is 1. The fourth-order valence-corrected chi connectivity index (χ4v) is 4.65. The number of piperazine rings is 1. The quantitative estimate of drug-likeness (QED) is 0.531. The molecular weight excluding hydrogens is 396 g/mol. The number of rotatable bonds is 3. The Labute approximate surface area is 177 Å². The second-order valence-electron chi connectivity index (χ2n) is 7.54. The van der Waals surface area contributed by atoms with Crippen molar-refractivity contribution in [2.24, 2.45) is 0 Å². The molecule has 0 spiro atoms. The molecule has 5 rings (SSSR count). The van der Waals surface area contributed by atoms with Crippen molar-refractivity contribution < 1.29 is 0 Å². The number of fused-ring (bicyclic) bond motifs is 1. The molecule has 4 heterocycles. The number of pyridine rings is 2. The first-order valence-corrected chi connectivity index (χ1v) is 10.7.